The van der Waals surface area contributed by atoms with Gasteiger partial charge in [-0.15, -0.1) is 0 Å². The minimum atomic E-state index is -3.52. The van der Waals surface area contributed by atoms with Crippen LogP contribution in [0.3, 0.4) is 0 Å². The van der Waals surface area contributed by atoms with Gasteiger partial charge in [0.15, 0.2) is 6.10 Å². The van der Waals surface area contributed by atoms with Crippen molar-refractivity contribution in [3.63, 3.8) is 0 Å². The van der Waals surface area contributed by atoms with Crippen molar-refractivity contribution >= 4 is 0 Å². The molecule has 0 aliphatic rings. The minimum absolute atomic E-state index is 0.401. The summed E-state index contributed by atoms with van der Waals surface area (Å²) >= 11 is 0. The van der Waals surface area contributed by atoms with Crippen molar-refractivity contribution < 1.29 is 22.3 Å². The second kappa shape index (κ2) is 2.97. The number of hydrogen-bond donors (Lipinski definition) is 0. The average molecular weight is 174 g/mol. The van der Waals surface area contributed by atoms with E-state index in [1.165, 1.54) is 0 Å². The predicted octanol–water partition coefficient (Wildman–Crippen LogP) is 2.31. The maximum atomic E-state index is 12.3. The highest BCUT2D eigenvalue weighted by atomic mass is 19.3. The van der Waals surface area contributed by atoms with Crippen LogP contribution in [0, 0.1) is 0 Å². The van der Waals surface area contributed by atoms with Crippen molar-refractivity contribution in [3.8, 4) is 0 Å². The van der Waals surface area contributed by atoms with E-state index < -0.39 is 17.9 Å². The summed E-state index contributed by atoms with van der Waals surface area (Å²) in [6.07, 6.45) is -2.35. The SMILES string of the molecule is COC(C(C)(F)F)C(C)(F)F. The molecule has 0 radical (unpaired) electrons. The number of alkyl halides is 4. The van der Waals surface area contributed by atoms with E-state index in [9.17, 15) is 17.6 Å². The van der Waals surface area contributed by atoms with Crippen LogP contribution >= 0.6 is 0 Å². The summed E-state index contributed by atoms with van der Waals surface area (Å²) < 4.78 is 53.1. The first-order valence-electron chi connectivity index (χ1n) is 2.98. The number of halogens is 4. The number of ether oxygens (including phenoxy) is 1. The molecule has 0 heterocycles. The zero-order chi connectivity index (χ0) is 9.28. The van der Waals surface area contributed by atoms with Crippen molar-refractivity contribution in [1.82, 2.24) is 0 Å². The molecular formula is C6H10F4O. The number of methoxy groups -OCH3 is 1. The first-order valence-corrected chi connectivity index (χ1v) is 2.98. The Bertz CT molecular complexity index is 110. The van der Waals surface area contributed by atoms with Crippen molar-refractivity contribution in [1.29, 1.82) is 0 Å². The van der Waals surface area contributed by atoms with E-state index in [1.54, 1.807) is 0 Å². The van der Waals surface area contributed by atoms with Gasteiger partial charge in [0.25, 0.3) is 11.8 Å². The van der Waals surface area contributed by atoms with Gasteiger partial charge in [-0.3, -0.25) is 0 Å². The van der Waals surface area contributed by atoms with E-state index in [2.05, 4.69) is 4.74 Å². The lowest BCUT2D eigenvalue weighted by Gasteiger charge is -2.26. The Morgan fingerprint density at radius 2 is 1.27 bits per heavy atom. The topological polar surface area (TPSA) is 9.23 Å². The monoisotopic (exact) mass is 174 g/mol. The molecule has 0 aromatic rings. The fourth-order valence-electron chi connectivity index (χ4n) is 0.859. The van der Waals surface area contributed by atoms with Gasteiger partial charge in [0, 0.05) is 21.0 Å². The van der Waals surface area contributed by atoms with Crippen molar-refractivity contribution in [2.45, 2.75) is 31.8 Å². The molecule has 0 saturated carbocycles. The highest BCUT2D eigenvalue weighted by molar-refractivity contribution is 4.83. The normalized spacial score (nSPS) is 14.2. The van der Waals surface area contributed by atoms with E-state index in [-0.39, 0.29) is 0 Å². The molecule has 1 nitrogen and oxygen atoms in total. The van der Waals surface area contributed by atoms with Gasteiger partial charge in [-0.2, -0.15) is 0 Å². The highest BCUT2D eigenvalue weighted by Gasteiger charge is 2.49. The molecule has 0 spiro atoms. The summed E-state index contributed by atoms with van der Waals surface area (Å²) in [6, 6.07) is 0. The largest absolute Gasteiger partial charge is 0.369 e. The lowest BCUT2D eigenvalue weighted by Crippen LogP contribution is -2.45. The number of rotatable bonds is 3. The van der Waals surface area contributed by atoms with Crippen molar-refractivity contribution in [2.24, 2.45) is 0 Å². The van der Waals surface area contributed by atoms with E-state index in [0.717, 1.165) is 7.11 Å². The maximum absolute atomic E-state index is 12.3. The molecule has 68 valence electrons. The zero-order valence-corrected chi connectivity index (χ0v) is 6.50. The van der Waals surface area contributed by atoms with Crippen LogP contribution in [0.2, 0.25) is 0 Å². The van der Waals surface area contributed by atoms with Gasteiger partial charge in [-0.1, -0.05) is 0 Å². The molecule has 5 heteroatoms. The summed E-state index contributed by atoms with van der Waals surface area (Å²) in [5, 5.41) is 0. The lowest BCUT2D eigenvalue weighted by atomic mass is 10.1. The Labute approximate surface area is 62.3 Å². The van der Waals surface area contributed by atoms with E-state index in [1.807, 2.05) is 0 Å². The Balaban J connectivity index is 4.43. The maximum Gasteiger partial charge on any atom is 0.276 e. The summed E-state index contributed by atoms with van der Waals surface area (Å²) in [5.41, 5.74) is 0. The van der Waals surface area contributed by atoms with E-state index in [4.69, 9.17) is 0 Å². The van der Waals surface area contributed by atoms with Crippen LogP contribution in [-0.4, -0.2) is 25.1 Å². The van der Waals surface area contributed by atoms with Gasteiger partial charge < -0.3 is 4.74 Å². The third-order valence-electron chi connectivity index (χ3n) is 1.16. The van der Waals surface area contributed by atoms with E-state index >= 15 is 0 Å². The zero-order valence-electron chi connectivity index (χ0n) is 6.50. The molecule has 0 aromatic heterocycles. The summed E-state index contributed by atoms with van der Waals surface area (Å²) in [6.45, 7) is 0.803. The Hall–Kier alpha value is -0.320. The average Bonchev–Trinajstić information content (AvgIpc) is 1.56. The van der Waals surface area contributed by atoms with Crippen LogP contribution in [0.4, 0.5) is 17.6 Å². The molecule has 0 aliphatic carbocycles. The molecule has 0 rings (SSSR count). The van der Waals surface area contributed by atoms with Gasteiger partial charge in [-0.05, 0) is 0 Å². The first-order chi connectivity index (χ1) is 4.69. The summed E-state index contributed by atoms with van der Waals surface area (Å²) in [5.74, 6) is -7.04. The van der Waals surface area contributed by atoms with Crippen LogP contribution in [0.15, 0.2) is 0 Å². The van der Waals surface area contributed by atoms with Crippen LogP contribution in [0.5, 0.6) is 0 Å². The molecular weight excluding hydrogens is 164 g/mol. The Kier molecular flexibility index (Phi) is 2.88. The van der Waals surface area contributed by atoms with Gasteiger partial charge in [-0.25, -0.2) is 17.6 Å². The van der Waals surface area contributed by atoms with Crippen LogP contribution in [0.25, 0.3) is 0 Å². The smallest absolute Gasteiger partial charge is 0.276 e. The third-order valence-corrected chi connectivity index (χ3v) is 1.16. The standard InChI is InChI=1S/C6H10F4O/c1-5(7,8)4(11-3)6(2,9)10/h4H,1-3H3. The molecule has 11 heavy (non-hydrogen) atoms. The quantitative estimate of drug-likeness (QED) is 0.596. The van der Waals surface area contributed by atoms with E-state index in [0.29, 0.717) is 13.8 Å². The molecule has 0 aliphatic heterocycles. The van der Waals surface area contributed by atoms with Crippen LogP contribution in [0.1, 0.15) is 13.8 Å². The number of hydrogen-bond acceptors (Lipinski definition) is 1. The van der Waals surface area contributed by atoms with Gasteiger partial charge in [0.1, 0.15) is 0 Å². The highest BCUT2D eigenvalue weighted by Crippen LogP contribution is 2.32. The summed E-state index contributed by atoms with van der Waals surface area (Å²) in [4.78, 5) is 0. The molecule has 0 fully saturated rings. The fraction of sp³-hybridized carbons (Fsp3) is 1.00. The van der Waals surface area contributed by atoms with Crippen LogP contribution in [-0.2, 0) is 4.74 Å². The molecule has 0 N–H and O–H groups in total. The second-order valence-electron chi connectivity index (χ2n) is 2.53. The lowest BCUT2D eigenvalue weighted by molar-refractivity contribution is -0.208. The van der Waals surface area contributed by atoms with Gasteiger partial charge in [0.2, 0.25) is 0 Å². The summed E-state index contributed by atoms with van der Waals surface area (Å²) in [7, 11) is 0.833. The van der Waals surface area contributed by atoms with Crippen molar-refractivity contribution in [2.75, 3.05) is 7.11 Å². The Morgan fingerprint density at radius 3 is 1.27 bits per heavy atom. The van der Waals surface area contributed by atoms with Crippen molar-refractivity contribution in [3.05, 3.63) is 0 Å². The van der Waals surface area contributed by atoms with Crippen LogP contribution < -0.4 is 0 Å². The third kappa shape index (κ3) is 3.05. The fourth-order valence-corrected chi connectivity index (χ4v) is 0.859. The second-order valence-corrected chi connectivity index (χ2v) is 2.53. The molecule has 0 atom stereocenters. The molecule has 0 unspecified atom stereocenters. The molecule has 0 bridgehead atoms. The first kappa shape index (κ1) is 10.7. The molecule has 0 saturated heterocycles. The molecule has 0 amide bonds. The minimum Gasteiger partial charge on any atom is -0.369 e. The van der Waals surface area contributed by atoms with Gasteiger partial charge >= 0.3 is 0 Å². The molecule has 0 aromatic carbocycles. The predicted molar refractivity (Wildman–Crippen MR) is 32.0 cm³/mol. The Morgan fingerprint density at radius 1 is 1.00 bits per heavy atom. The van der Waals surface area contributed by atoms with Gasteiger partial charge in [0.05, 0.1) is 0 Å².